The minimum absolute atomic E-state index is 0.250. The highest BCUT2D eigenvalue weighted by atomic mass is 16.6. The fourth-order valence-corrected chi connectivity index (χ4v) is 4.05. The van der Waals surface area contributed by atoms with Gasteiger partial charge in [-0.2, -0.15) is 0 Å². The predicted octanol–water partition coefficient (Wildman–Crippen LogP) is 1.77. The van der Waals surface area contributed by atoms with E-state index in [1.165, 1.54) is 11.1 Å². The molecule has 0 saturated carbocycles. The molecule has 174 valence electrons. The second-order valence-corrected chi connectivity index (χ2v) is 7.96. The first-order chi connectivity index (χ1) is 15.4. The molecule has 5 N–H and O–H groups in total. The van der Waals surface area contributed by atoms with Gasteiger partial charge in [0.05, 0.1) is 12.1 Å². The molecule has 5 atom stereocenters. The van der Waals surface area contributed by atoms with Crippen LogP contribution in [0, 0.1) is 0 Å². The summed E-state index contributed by atoms with van der Waals surface area (Å²) in [6, 6.07) is 16.3. The molecule has 0 unspecified atom stereocenters. The summed E-state index contributed by atoms with van der Waals surface area (Å²) in [5.41, 5.74) is 4.40. The number of aliphatic hydroxyl groups excluding tert-OH is 5. The van der Waals surface area contributed by atoms with Crippen LogP contribution in [0.5, 0.6) is 0 Å². The van der Waals surface area contributed by atoms with Gasteiger partial charge < -0.3 is 34.8 Å². The van der Waals surface area contributed by atoms with Crippen LogP contribution in [0.3, 0.4) is 0 Å². The Kier molecular flexibility index (Phi) is 8.42. The van der Waals surface area contributed by atoms with Crippen LogP contribution in [0.1, 0.15) is 36.8 Å². The van der Waals surface area contributed by atoms with E-state index < -0.39 is 37.3 Å². The first kappa shape index (κ1) is 24.4. The van der Waals surface area contributed by atoms with E-state index >= 15 is 0 Å². The zero-order chi connectivity index (χ0) is 23.3. The van der Waals surface area contributed by atoms with E-state index in [1.807, 2.05) is 30.5 Å². The summed E-state index contributed by atoms with van der Waals surface area (Å²) in [5.74, 6) is 0. The van der Waals surface area contributed by atoms with Crippen molar-refractivity contribution in [1.82, 2.24) is 4.57 Å². The number of rotatable bonds is 5. The molecule has 0 amide bonds. The fourth-order valence-electron chi connectivity index (χ4n) is 4.05. The molecule has 7 nitrogen and oxygen atoms in total. The van der Waals surface area contributed by atoms with E-state index in [1.54, 1.807) is 11.5 Å². The minimum atomic E-state index is -1.41. The number of aryl methyl sites for hydroxylation is 1. The lowest BCUT2D eigenvalue weighted by atomic mass is 9.98. The maximum absolute atomic E-state index is 10.6. The van der Waals surface area contributed by atoms with Gasteiger partial charge in [-0.05, 0) is 42.5 Å². The molecule has 1 aliphatic rings. The Morgan fingerprint density at radius 2 is 1.47 bits per heavy atom. The molecule has 0 spiro atoms. The summed E-state index contributed by atoms with van der Waals surface area (Å²) < 4.78 is 7.56. The molecule has 0 aliphatic carbocycles. The number of nitrogens with zero attached hydrogens (tertiary/aromatic N) is 1. The van der Waals surface area contributed by atoms with Crippen LogP contribution >= 0.6 is 0 Å². The monoisotopic (exact) mass is 443 g/mol. The third-order valence-electron chi connectivity index (χ3n) is 5.79. The van der Waals surface area contributed by atoms with Gasteiger partial charge in [-0.15, -0.1) is 0 Å². The summed E-state index contributed by atoms with van der Waals surface area (Å²) in [6.45, 7) is 3.61. The van der Waals surface area contributed by atoms with Crippen LogP contribution in [0.25, 0.3) is 10.9 Å². The van der Waals surface area contributed by atoms with E-state index in [-0.39, 0.29) is 6.61 Å². The van der Waals surface area contributed by atoms with E-state index in [0.717, 1.165) is 29.3 Å². The molecule has 4 rings (SSSR count). The van der Waals surface area contributed by atoms with Gasteiger partial charge in [0.2, 0.25) is 0 Å². The number of aliphatic hydroxyl groups is 5. The lowest BCUT2D eigenvalue weighted by molar-refractivity contribution is -0.250. The lowest BCUT2D eigenvalue weighted by Gasteiger charge is -2.40. The van der Waals surface area contributed by atoms with Gasteiger partial charge >= 0.3 is 0 Å². The molecule has 1 aliphatic heterocycles. The highest BCUT2D eigenvalue weighted by molar-refractivity contribution is 5.84. The van der Waals surface area contributed by atoms with Crippen molar-refractivity contribution in [3.8, 4) is 0 Å². The average Bonchev–Trinajstić information content (AvgIpc) is 3.17. The van der Waals surface area contributed by atoms with Gasteiger partial charge in [0.1, 0.15) is 24.4 Å². The molecule has 32 heavy (non-hydrogen) atoms. The van der Waals surface area contributed by atoms with Crippen molar-refractivity contribution in [2.45, 2.75) is 57.3 Å². The molecular weight excluding hydrogens is 410 g/mol. The normalized spacial score (nSPS) is 25.4. The molecular formula is C25H33NO6. The highest BCUT2D eigenvalue weighted by Crippen LogP contribution is 2.33. The van der Waals surface area contributed by atoms with Crippen molar-refractivity contribution in [2.75, 3.05) is 13.2 Å². The summed E-state index contributed by atoms with van der Waals surface area (Å²) in [5, 5.41) is 48.9. The van der Waals surface area contributed by atoms with Crippen molar-refractivity contribution < 1.29 is 30.3 Å². The minimum Gasteiger partial charge on any atom is -0.397 e. The number of benzene rings is 2. The smallest absolute Gasteiger partial charge is 0.163 e. The molecule has 0 radical (unpaired) electrons. The topological polar surface area (TPSA) is 115 Å². The third-order valence-corrected chi connectivity index (χ3v) is 5.79. The van der Waals surface area contributed by atoms with Crippen molar-refractivity contribution in [3.05, 3.63) is 71.4 Å². The van der Waals surface area contributed by atoms with Gasteiger partial charge in [-0.3, -0.25) is 0 Å². The van der Waals surface area contributed by atoms with Gasteiger partial charge in [-0.25, -0.2) is 0 Å². The van der Waals surface area contributed by atoms with Gasteiger partial charge in [0.25, 0.3) is 0 Å². The zero-order valence-electron chi connectivity index (χ0n) is 18.5. The number of para-hydroxylation sites is 1. The number of fused-ring (bicyclic) bond motifs is 1. The number of ether oxygens (including phenoxy) is 1. The highest BCUT2D eigenvalue weighted by Gasteiger charge is 2.44. The first-order valence-corrected chi connectivity index (χ1v) is 11.0. The molecule has 2 heterocycles. The van der Waals surface area contributed by atoms with Crippen LogP contribution in [0.15, 0.2) is 54.7 Å². The number of hydrogen-bond acceptors (Lipinski definition) is 6. The molecule has 7 heteroatoms. The largest absolute Gasteiger partial charge is 0.397 e. The van der Waals surface area contributed by atoms with Crippen molar-refractivity contribution in [1.29, 1.82) is 0 Å². The number of hydrogen-bond donors (Lipinski definition) is 5. The van der Waals surface area contributed by atoms with Crippen LogP contribution in [-0.4, -0.2) is 67.7 Å². The van der Waals surface area contributed by atoms with Gasteiger partial charge in [-0.1, -0.05) is 49.4 Å². The summed E-state index contributed by atoms with van der Waals surface area (Å²) in [7, 11) is 0. The van der Waals surface area contributed by atoms with E-state index in [0.29, 0.717) is 0 Å². The lowest BCUT2D eigenvalue weighted by Crippen LogP contribution is -2.56. The summed E-state index contributed by atoms with van der Waals surface area (Å²) >= 11 is 0. The first-order valence-electron chi connectivity index (χ1n) is 11.0. The van der Waals surface area contributed by atoms with Crippen LogP contribution in [-0.2, 0) is 17.6 Å². The van der Waals surface area contributed by atoms with Crippen molar-refractivity contribution >= 4 is 10.9 Å². The Balaban J connectivity index is 0.000000913. The van der Waals surface area contributed by atoms with Crippen molar-refractivity contribution in [2.24, 2.45) is 0 Å². The quantitative estimate of drug-likeness (QED) is 0.411. The van der Waals surface area contributed by atoms with Gasteiger partial charge in [0, 0.05) is 18.2 Å². The van der Waals surface area contributed by atoms with Crippen molar-refractivity contribution in [3.63, 3.8) is 0 Å². The summed E-state index contributed by atoms with van der Waals surface area (Å²) in [6.07, 6.45) is -2.31. The van der Waals surface area contributed by atoms with E-state index in [9.17, 15) is 20.4 Å². The molecule has 1 saturated heterocycles. The van der Waals surface area contributed by atoms with Crippen LogP contribution < -0.4 is 0 Å². The molecule has 2 aromatic carbocycles. The number of aromatic nitrogens is 1. The average molecular weight is 444 g/mol. The van der Waals surface area contributed by atoms with Crippen LogP contribution in [0.2, 0.25) is 0 Å². The Hall–Kier alpha value is -2.26. The Bertz CT molecular complexity index is 984. The van der Waals surface area contributed by atoms with E-state index in [4.69, 9.17) is 9.84 Å². The second kappa shape index (κ2) is 11.0. The Morgan fingerprint density at radius 1 is 0.844 bits per heavy atom. The Labute approximate surface area is 188 Å². The second-order valence-electron chi connectivity index (χ2n) is 7.96. The molecule has 0 bridgehead atoms. The van der Waals surface area contributed by atoms with Gasteiger partial charge in [0.15, 0.2) is 6.23 Å². The third kappa shape index (κ3) is 5.04. The maximum atomic E-state index is 10.6. The maximum Gasteiger partial charge on any atom is 0.163 e. The predicted molar refractivity (Wildman–Crippen MR) is 122 cm³/mol. The standard InChI is InChI=1S/C23H27NO5.C2H6O/c1-2-14-7-9-15(10-8-14)11-16-12-24(18-6-4-3-5-17(16)18)23-22(28)21(27)20(26)19(13-25)29-23;1-2-3/h3-10,12,19-23,25-28H,2,11,13H2,1H3;3H,2H2,1H3/t19-,20-,21+,22-,23+;/m1./s1. The molecule has 1 fully saturated rings. The van der Waals surface area contributed by atoms with E-state index in [2.05, 4.69) is 31.2 Å². The SMILES string of the molecule is CCO.CCc1ccc(Cc2cn([C@H]3O[C@H](CO)[C@@H](O)[C@H](O)[C@H]3O)c3ccccc23)cc1. The zero-order valence-corrected chi connectivity index (χ0v) is 18.5. The molecule has 3 aromatic rings. The molecule has 1 aromatic heterocycles. The summed E-state index contributed by atoms with van der Waals surface area (Å²) in [4.78, 5) is 0. The fraction of sp³-hybridized carbons (Fsp3) is 0.440. The Morgan fingerprint density at radius 3 is 2.09 bits per heavy atom. The van der Waals surface area contributed by atoms with Crippen LogP contribution in [0.4, 0.5) is 0 Å².